The van der Waals surface area contributed by atoms with Crippen LogP contribution in [0.3, 0.4) is 0 Å². The van der Waals surface area contributed by atoms with E-state index < -0.39 is 0 Å². The van der Waals surface area contributed by atoms with Gasteiger partial charge in [0.25, 0.3) is 5.91 Å². The third kappa shape index (κ3) is 3.64. The van der Waals surface area contributed by atoms with Crippen molar-refractivity contribution in [1.29, 1.82) is 0 Å². The Hall–Kier alpha value is -3.32. The number of fused-ring (bicyclic) bond motifs is 1. The van der Waals surface area contributed by atoms with Gasteiger partial charge in [0.1, 0.15) is 6.54 Å². The summed E-state index contributed by atoms with van der Waals surface area (Å²) in [6.07, 6.45) is 0. The van der Waals surface area contributed by atoms with Crippen molar-refractivity contribution in [3.63, 3.8) is 0 Å². The van der Waals surface area contributed by atoms with Crippen LogP contribution in [-0.2, 0) is 4.79 Å². The molecule has 2 aromatic carbocycles. The van der Waals surface area contributed by atoms with E-state index in [9.17, 15) is 9.59 Å². The fourth-order valence-corrected chi connectivity index (χ4v) is 4.56. The van der Waals surface area contributed by atoms with Crippen molar-refractivity contribution in [2.24, 2.45) is 0 Å². The average molecular weight is 423 g/mol. The van der Waals surface area contributed by atoms with Crippen molar-refractivity contribution in [2.75, 3.05) is 26.1 Å². The highest BCUT2D eigenvalue weighted by Gasteiger charge is 2.34. The zero-order valence-corrected chi connectivity index (χ0v) is 17.8. The van der Waals surface area contributed by atoms with Crippen molar-refractivity contribution in [3.05, 3.63) is 75.5 Å². The SMILES string of the molecule is COc1ccc(C(=O)N2CC(=O)Nc3ccc(C)cc3C2c2cccs2)cc1OC. The molecule has 1 unspecified atom stereocenters. The number of nitrogens with zero attached hydrogens (tertiary/aromatic N) is 1. The van der Waals surface area contributed by atoms with Gasteiger partial charge in [0.05, 0.1) is 20.3 Å². The van der Waals surface area contributed by atoms with Gasteiger partial charge in [0.15, 0.2) is 11.5 Å². The minimum Gasteiger partial charge on any atom is -0.493 e. The summed E-state index contributed by atoms with van der Waals surface area (Å²) in [5, 5.41) is 4.92. The Labute approximate surface area is 179 Å². The number of nitrogens with one attached hydrogen (secondary N) is 1. The maximum Gasteiger partial charge on any atom is 0.255 e. The average Bonchev–Trinajstić information content (AvgIpc) is 3.23. The van der Waals surface area contributed by atoms with E-state index in [1.54, 1.807) is 41.5 Å². The summed E-state index contributed by atoms with van der Waals surface area (Å²) in [7, 11) is 3.07. The third-order valence-corrected chi connectivity index (χ3v) is 6.03. The molecule has 4 rings (SSSR count). The van der Waals surface area contributed by atoms with Gasteiger partial charge in [-0.05, 0) is 42.6 Å². The van der Waals surface area contributed by atoms with E-state index in [2.05, 4.69) is 5.32 Å². The number of anilines is 1. The first-order valence-corrected chi connectivity index (χ1v) is 10.4. The topological polar surface area (TPSA) is 67.9 Å². The second-order valence-corrected chi connectivity index (χ2v) is 8.04. The molecule has 1 aromatic heterocycles. The zero-order chi connectivity index (χ0) is 21.3. The number of methoxy groups -OCH3 is 2. The molecule has 1 atom stereocenters. The number of aryl methyl sites for hydroxylation is 1. The molecule has 0 fully saturated rings. The molecule has 1 aliphatic heterocycles. The fourth-order valence-electron chi connectivity index (χ4n) is 3.70. The quantitative estimate of drug-likeness (QED) is 0.682. The minimum atomic E-state index is -0.376. The first-order valence-electron chi connectivity index (χ1n) is 9.48. The number of benzene rings is 2. The maximum absolute atomic E-state index is 13.6. The Morgan fingerprint density at radius 2 is 1.90 bits per heavy atom. The lowest BCUT2D eigenvalue weighted by molar-refractivity contribution is -0.117. The lowest BCUT2D eigenvalue weighted by atomic mass is 9.99. The Morgan fingerprint density at radius 1 is 1.10 bits per heavy atom. The van der Waals surface area contributed by atoms with E-state index in [4.69, 9.17) is 9.47 Å². The van der Waals surface area contributed by atoms with Crippen LogP contribution < -0.4 is 14.8 Å². The Bertz CT molecular complexity index is 1090. The third-order valence-electron chi connectivity index (χ3n) is 5.11. The maximum atomic E-state index is 13.6. The number of hydrogen-bond donors (Lipinski definition) is 1. The van der Waals surface area contributed by atoms with Crippen LogP contribution in [0.5, 0.6) is 11.5 Å². The Kier molecular flexibility index (Phi) is 5.46. The molecule has 3 aromatic rings. The summed E-state index contributed by atoms with van der Waals surface area (Å²) in [5.41, 5.74) is 3.12. The van der Waals surface area contributed by atoms with Gasteiger partial charge in [-0.2, -0.15) is 0 Å². The second-order valence-electron chi connectivity index (χ2n) is 7.06. The summed E-state index contributed by atoms with van der Waals surface area (Å²) in [6.45, 7) is 1.95. The summed E-state index contributed by atoms with van der Waals surface area (Å²) >= 11 is 1.56. The van der Waals surface area contributed by atoms with Crippen LogP contribution in [0.25, 0.3) is 0 Å². The van der Waals surface area contributed by atoms with Gasteiger partial charge in [-0.25, -0.2) is 0 Å². The highest BCUT2D eigenvalue weighted by Crippen LogP contribution is 2.39. The van der Waals surface area contributed by atoms with Gasteiger partial charge in [0, 0.05) is 21.7 Å². The van der Waals surface area contributed by atoms with Gasteiger partial charge in [-0.3, -0.25) is 9.59 Å². The molecule has 0 bridgehead atoms. The fraction of sp³-hybridized carbons (Fsp3) is 0.217. The van der Waals surface area contributed by atoms with Crippen LogP contribution in [0.15, 0.2) is 53.9 Å². The Morgan fingerprint density at radius 3 is 2.60 bits per heavy atom. The molecular weight excluding hydrogens is 400 g/mol. The minimum absolute atomic E-state index is 0.0521. The van der Waals surface area contributed by atoms with Gasteiger partial charge in [-0.1, -0.05) is 23.8 Å². The van der Waals surface area contributed by atoms with Crippen LogP contribution in [0.1, 0.15) is 32.4 Å². The molecule has 0 aliphatic carbocycles. The van der Waals surface area contributed by atoms with E-state index in [0.717, 1.165) is 21.7 Å². The van der Waals surface area contributed by atoms with Crippen molar-refractivity contribution in [2.45, 2.75) is 13.0 Å². The molecule has 6 nitrogen and oxygen atoms in total. The van der Waals surface area contributed by atoms with E-state index in [0.29, 0.717) is 17.1 Å². The largest absolute Gasteiger partial charge is 0.493 e. The summed E-state index contributed by atoms with van der Waals surface area (Å²) < 4.78 is 10.6. The lowest BCUT2D eigenvalue weighted by Gasteiger charge is -2.30. The van der Waals surface area contributed by atoms with Crippen molar-refractivity contribution < 1.29 is 19.1 Å². The molecule has 1 N–H and O–H groups in total. The van der Waals surface area contributed by atoms with E-state index >= 15 is 0 Å². The van der Waals surface area contributed by atoms with Crippen LogP contribution >= 0.6 is 11.3 Å². The van der Waals surface area contributed by atoms with Crippen LogP contribution in [0, 0.1) is 6.92 Å². The van der Waals surface area contributed by atoms with Crippen LogP contribution in [0.4, 0.5) is 5.69 Å². The highest BCUT2D eigenvalue weighted by molar-refractivity contribution is 7.10. The number of ether oxygens (including phenoxy) is 2. The standard InChI is InChI=1S/C23H22N2O4S/c1-14-6-8-17-16(11-14)22(20-5-4-10-30-20)25(13-21(26)24-17)23(27)15-7-9-18(28-2)19(12-15)29-3/h4-12,22H,13H2,1-3H3,(H,24,26). The van der Waals surface area contributed by atoms with Gasteiger partial charge in [-0.15, -0.1) is 11.3 Å². The second kappa shape index (κ2) is 8.20. The molecule has 2 heterocycles. The van der Waals surface area contributed by atoms with E-state index in [-0.39, 0.29) is 24.4 Å². The van der Waals surface area contributed by atoms with Crippen molar-refractivity contribution in [3.8, 4) is 11.5 Å². The van der Waals surface area contributed by atoms with Crippen molar-refractivity contribution >= 4 is 28.8 Å². The molecule has 30 heavy (non-hydrogen) atoms. The normalized spacial score (nSPS) is 15.8. The molecule has 0 spiro atoms. The number of hydrogen-bond acceptors (Lipinski definition) is 5. The summed E-state index contributed by atoms with van der Waals surface area (Å²) in [5.74, 6) is 0.525. The molecule has 0 saturated heterocycles. The molecule has 1 aliphatic rings. The number of carbonyl (C=O) groups excluding carboxylic acids is 2. The molecular formula is C23H22N2O4S. The molecule has 0 saturated carbocycles. The molecule has 154 valence electrons. The number of rotatable bonds is 4. The van der Waals surface area contributed by atoms with Gasteiger partial charge in [0.2, 0.25) is 5.91 Å². The molecule has 0 radical (unpaired) electrons. The first kappa shape index (κ1) is 20.0. The van der Waals surface area contributed by atoms with E-state index in [1.807, 2.05) is 42.6 Å². The molecule has 2 amide bonds. The van der Waals surface area contributed by atoms with E-state index in [1.165, 1.54) is 7.11 Å². The number of carbonyl (C=O) groups is 2. The summed E-state index contributed by atoms with van der Waals surface area (Å²) in [4.78, 5) is 28.9. The Balaban J connectivity index is 1.84. The lowest BCUT2D eigenvalue weighted by Crippen LogP contribution is -2.38. The van der Waals surface area contributed by atoms with Crippen LogP contribution in [0.2, 0.25) is 0 Å². The number of thiophene rings is 1. The monoisotopic (exact) mass is 422 g/mol. The number of amides is 2. The van der Waals surface area contributed by atoms with Gasteiger partial charge < -0.3 is 19.7 Å². The van der Waals surface area contributed by atoms with Gasteiger partial charge >= 0.3 is 0 Å². The highest BCUT2D eigenvalue weighted by atomic mass is 32.1. The molecule has 7 heteroatoms. The summed E-state index contributed by atoms with van der Waals surface area (Å²) in [6, 6.07) is 14.5. The predicted molar refractivity (Wildman–Crippen MR) is 117 cm³/mol. The predicted octanol–water partition coefficient (Wildman–Crippen LogP) is 4.26. The smallest absolute Gasteiger partial charge is 0.255 e. The van der Waals surface area contributed by atoms with Crippen molar-refractivity contribution in [1.82, 2.24) is 4.90 Å². The first-order chi connectivity index (χ1) is 14.5. The van der Waals surface area contributed by atoms with Crippen LogP contribution in [-0.4, -0.2) is 37.5 Å². The zero-order valence-electron chi connectivity index (χ0n) is 17.0.